The number of rotatable bonds is 5. The van der Waals surface area contributed by atoms with Gasteiger partial charge in [0.15, 0.2) is 0 Å². The topological polar surface area (TPSA) is 37.9 Å². The molecular weight excluding hydrogens is 398 g/mol. The number of hydrogen-bond donors (Lipinski definition) is 0. The van der Waals surface area contributed by atoms with E-state index in [9.17, 15) is 0 Å². The van der Waals surface area contributed by atoms with Gasteiger partial charge in [0.05, 0.1) is 18.5 Å². The average molecular weight is 430 g/mol. The van der Waals surface area contributed by atoms with Gasteiger partial charge in [-0.1, -0.05) is 0 Å². The van der Waals surface area contributed by atoms with Gasteiger partial charge in [0.2, 0.25) is 0 Å². The number of ether oxygens (including phenoxy) is 1. The summed E-state index contributed by atoms with van der Waals surface area (Å²) in [7, 11) is 6.00. The molecule has 0 radical (unpaired) electrons. The highest BCUT2D eigenvalue weighted by molar-refractivity contribution is 5.69. The molecule has 32 heavy (non-hydrogen) atoms. The molecule has 0 amide bonds. The minimum Gasteiger partial charge on any atom is -0.497 e. The summed E-state index contributed by atoms with van der Waals surface area (Å²) in [4.78, 5) is 10.1. The van der Waals surface area contributed by atoms with Crippen LogP contribution < -0.4 is 4.74 Å². The summed E-state index contributed by atoms with van der Waals surface area (Å²) in [5, 5.41) is 0. The number of nitrogens with zero attached hydrogens (tertiary/aromatic N) is 5. The zero-order valence-corrected chi connectivity index (χ0v) is 19.2. The van der Waals surface area contributed by atoms with Crippen LogP contribution in [0.4, 0.5) is 0 Å². The Labute approximate surface area is 189 Å². The van der Waals surface area contributed by atoms with E-state index >= 15 is 0 Å². The first-order valence-electron chi connectivity index (χ1n) is 11.3. The number of hydrogen-bond acceptors (Lipinski definition) is 4. The van der Waals surface area contributed by atoms with Crippen molar-refractivity contribution in [2.24, 2.45) is 7.05 Å². The van der Waals surface area contributed by atoms with Gasteiger partial charge in [0.1, 0.15) is 11.4 Å². The van der Waals surface area contributed by atoms with E-state index < -0.39 is 0 Å². The summed E-state index contributed by atoms with van der Waals surface area (Å²) in [6, 6.07) is 16.8. The third kappa shape index (κ3) is 4.04. The van der Waals surface area contributed by atoms with Crippen LogP contribution >= 0.6 is 0 Å². The fourth-order valence-corrected chi connectivity index (χ4v) is 4.61. The van der Waals surface area contributed by atoms with Crippen LogP contribution in [0.25, 0.3) is 28.2 Å². The van der Waals surface area contributed by atoms with E-state index in [1.165, 1.54) is 23.4 Å². The maximum absolute atomic E-state index is 5.37. The summed E-state index contributed by atoms with van der Waals surface area (Å²) in [5.41, 5.74) is 6.79. The molecule has 0 aliphatic carbocycles. The van der Waals surface area contributed by atoms with Gasteiger partial charge < -0.3 is 18.6 Å². The Morgan fingerprint density at radius 3 is 2.47 bits per heavy atom. The van der Waals surface area contributed by atoms with E-state index in [0.29, 0.717) is 0 Å². The Hall–Kier alpha value is -3.09. The van der Waals surface area contributed by atoms with Gasteiger partial charge in [-0.15, -0.1) is 0 Å². The maximum Gasteiger partial charge on any atom is 0.137 e. The molecule has 4 aromatic rings. The number of methoxy groups -OCH3 is 1. The number of benzene rings is 1. The van der Waals surface area contributed by atoms with Gasteiger partial charge in [-0.3, -0.25) is 4.90 Å². The molecule has 1 aliphatic heterocycles. The fraction of sp³-hybridized carbons (Fsp3) is 0.346. The molecule has 5 rings (SSSR count). The van der Waals surface area contributed by atoms with Crippen LogP contribution in [-0.2, 0) is 13.6 Å². The lowest BCUT2D eigenvalue weighted by Gasteiger charge is -2.21. The van der Waals surface area contributed by atoms with Crippen LogP contribution in [0, 0.1) is 0 Å². The van der Waals surface area contributed by atoms with Gasteiger partial charge in [-0.25, -0.2) is 4.98 Å². The fourth-order valence-electron chi connectivity index (χ4n) is 4.61. The molecule has 0 spiro atoms. The van der Waals surface area contributed by atoms with Crippen LogP contribution in [0.2, 0.25) is 0 Å². The third-order valence-corrected chi connectivity index (χ3v) is 6.51. The molecule has 0 N–H and O–H groups in total. The molecule has 1 saturated heterocycles. The minimum atomic E-state index is 0.862. The zero-order chi connectivity index (χ0) is 22.1. The molecule has 0 atom stereocenters. The molecule has 0 saturated carbocycles. The second kappa shape index (κ2) is 8.81. The van der Waals surface area contributed by atoms with Gasteiger partial charge in [-0.2, -0.15) is 0 Å². The standard InChI is InChI=1S/C26H31N5O/c1-28-13-5-15-30(17-16-28)19-24-26(20-7-10-22(32-3)11-8-20)27-25-12-9-21(18-31(24)25)23-6-4-14-29(23)2/h4,6-12,14,18H,5,13,15-17,19H2,1-3H3. The second-order valence-corrected chi connectivity index (χ2v) is 8.72. The predicted molar refractivity (Wildman–Crippen MR) is 129 cm³/mol. The average Bonchev–Trinajstić information content (AvgIpc) is 3.33. The highest BCUT2D eigenvalue weighted by Gasteiger charge is 2.20. The number of aryl methyl sites for hydroxylation is 1. The predicted octanol–water partition coefficient (Wildman–Crippen LogP) is 4.15. The summed E-state index contributed by atoms with van der Waals surface area (Å²) in [5.74, 6) is 0.862. The molecule has 6 heteroatoms. The van der Waals surface area contributed by atoms with E-state index in [1.54, 1.807) is 7.11 Å². The zero-order valence-electron chi connectivity index (χ0n) is 19.2. The lowest BCUT2D eigenvalue weighted by molar-refractivity contribution is 0.266. The van der Waals surface area contributed by atoms with E-state index in [4.69, 9.17) is 9.72 Å². The molecule has 6 nitrogen and oxygen atoms in total. The number of aromatic nitrogens is 3. The van der Waals surface area contributed by atoms with Crippen molar-refractivity contribution in [1.29, 1.82) is 0 Å². The number of imidazole rings is 1. The SMILES string of the molecule is COc1ccc(-c2nc3ccc(-c4cccn4C)cn3c2CN2CCCN(C)CC2)cc1. The van der Waals surface area contributed by atoms with Crippen LogP contribution in [-0.4, -0.2) is 64.1 Å². The van der Waals surface area contributed by atoms with Crippen molar-refractivity contribution < 1.29 is 4.74 Å². The van der Waals surface area contributed by atoms with Gasteiger partial charge in [0.25, 0.3) is 0 Å². The van der Waals surface area contributed by atoms with Crippen molar-refractivity contribution in [3.8, 4) is 28.3 Å². The van der Waals surface area contributed by atoms with Crippen LogP contribution in [0.3, 0.4) is 0 Å². The smallest absolute Gasteiger partial charge is 0.137 e. The normalized spacial score (nSPS) is 15.8. The summed E-state index contributed by atoms with van der Waals surface area (Å²) in [6.45, 7) is 5.32. The molecular formula is C26H31N5O. The first kappa shape index (κ1) is 20.8. The third-order valence-electron chi connectivity index (χ3n) is 6.51. The van der Waals surface area contributed by atoms with Crippen LogP contribution in [0.15, 0.2) is 60.9 Å². The summed E-state index contributed by atoms with van der Waals surface area (Å²) >= 11 is 0. The van der Waals surface area contributed by atoms with E-state index in [0.717, 1.165) is 55.4 Å². The Morgan fingerprint density at radius 2 is 1.72 bits per heavy atom. The second-order valence-electron chi connectivity index (χ2n) is 8.72. The monoisotopic (exact) mass is 429 g/mol. The highest BCUT2D eigenvalue weighted by atomic mass is 16.5. The minimum absolute atomic E-state index is 0.862. The molecule has 3 aromatic heterocycles. The number of fused-ring (bicyclic) bond motifs is 1. The van der Waals surface area contributed by atoms with Crippen molar-refractivity contribution in [1.82, 2.24) is 23.8 Å². The first-order chi connectivity index (χ1) is 15.6. The quantitative estimate of drug-likeness (QED) is 0.478. The van der Waals surface area contributed by atoms with Gasteiger partial charge in [0, 0.05) is 55.9 Å². The Morgan fingerprint density at radius 1 is 0.906 bits per heavy atom. The molecule has 4 heterocycles. The van der Waals surface area contributed by atoms with E-state index in [-0.39, 0.29) is 0 Å². The molecule has 1 fully saturated rings. The molecule has 0 unspecified atom stereocenters. The first-order valence-corrected chi connectivity index (χ1v) is 11.3. The number of pyridine rings is 1. The lowest BCUT2D eigenvalue weighted by Crippen LogP contribution is -2.29. The van der Waals surface area contributed by atoms with Crippen molar-refractivity contribution in [3.05, 3.63) is 66.6 Å². The Kier molecular flexibility index (Phi) is 5.72. The highest BCUT2D eigenvalue weighted by Crippen LogP contribution is 2.29. The van der Waals surface area contributed by atoms with Crippen molar-refractivity contribution in [2.45, 2.75) is 13.0 Å². The van der Waals surface area contributed by atoms with E-state index in [1.807, 2.05) is 12.1 Å². The Balaban J connectivity index is 1.60. The molecule has 1 aliphatic rings. The van der Waals surface area contributed by atoms with E-state index in [2.05, 4.69) is 81.7 Å². The van der Waals surface area contributed by atoms with Crippen LogP contribution in [0.1, 0.15) is 12.1 Å². The molecule has 166 valence electrons. The maximum atomic E-state index is 5.37. The number of likely N-dealkylation sites (N-methyl/N-ethyl adjacent to an activating group) is 1. The molecule has 1 aromatic carbocycles. The van der Waals surface area contributed by atoms with Gasteiger partial charge >= 0.3 is 0 Å². The van der Waals surface area contributed by atoms with Gasteiger partial charge in [-0.05, 0) is 75.1 Å². The van der Waals surface area contributed by atoms with Crippen LogP contribution in [0.5, 0.6) is 5.75 Å². The molecule has 0 bridgehead atoms. The van der Waals surface area contributed by atoms with Crippen molar-refractivity contribution in [3.63, 3.8) is 0 Å². The Bertz CT molecular complexity index is 1210. The van der Waals surface area contributed by atoms with Crippen molar-refractivity contribution >= 4 is 5.65 Å². The lowest BCUT2D eigenvalue weighted by atomic mass is 10.1. The largest absolute Gasteiger partial charge is 0.497 e. The summed E-state index contributed by atoms with van der Waals surface area (Å²) in [6.07, 6.45) is 5.52. The van der Waals surface area contributed by atoms with Crippen molar-refractivity contribution in [2.75, 3.05) is 40.3 Å². The summed E-state index contributed by atoms with van der Waals surface area (Å²) < 4.78 is 9.81.